The molecule has 2 rings (SSSR count). The minimum absolute atomic E-state index is 0.0128. The Labute approximate surface area is 136 Å². The number of carboxylic acid groups (broad SMARTS) is 1. The molecule has 0 aromatic heterocycles. The Balaban J connectivity index is 2.21. The molecule has 0 bridgehead atoms. The van der Waals surface area contributed by atoms with E-state index < -0.39 is 5.97 Å². The third kappa shape index (κ3) is 4.15. The zero-order valence-corrected chi connectivity index (χ0v) is 13.6. The van der Waals surface area contributed by atoms with E-state index in [0.717, 1.165) is 12.8 Å². The fraction of sp³-hybridized carbons (Fsp3) is 0.529. The van der Waals surface area contributed by atoms with Crippen LogP contribution in [-0.4, -0.2) is 47.7 Å². The molecule has 0 saturated carbocycles. The monoisotopic (exact) mass is 321 g/mol. The number of carbonyl (C=O) groups is 2. The highest BCUT2D eigenvalue weighted by atomic mass is 16.5. The van der Waals surface area contributed by atoms with Gasteiger partial charge in [-0.25, -0.2) is 0 Å². The smallest absolute Gasteiger partial charge is 0.305 e. The summed E-state index contributed by atoms with van der Waals surface area (Å²) in [6.07, 6.45) is 1.55. The van der Waals surface area contributed by atoms with Crippen LogP contribution in [0.1, 0.15) is 43.5 Å². The van der Waals surface area contributed by atoms with Crippen molar-refractivity contribution in [3.05, 3.63) is 23.8 Å². The second-order valence-corrected chi connectivity index (χ2v) is 5.42. The largest absolute Gasteiger partial charge is 0.490 e. The molecule has 0 spiro atoms. The SMILES string of the molecule is CCOc1ccc(C(=O)N2CCCC2CC(=O)O)cc1OCC. The number of benzene rings is 1. The van der Waals surface area contributed by atoms with Crippen LogP contribution < -0.4 is 9.47 Å². The molecule has 1 aromatic carbocycles. The quantitative estimate of drug-likeness (QED) is 0.835. The van der Waals surface area contributed by atoms with Gasteiger partial charge in [0.2, 0.25) is 0 Å². The molecule has 1 atom stereocenters. The summed E-state index contributed by atoms with van der Waals surface area (Å²) in [6, 6.07) is 4.87. The van der Waals surface area contributed by atoms with E-state index in [4.69, 9.17) is 14.6 Å². The van der Waals surface area contributed by atoms with Crippen molar-refractivity contribution in [2.24, 2.45) is 0 Å². The molecule has 1 amide bonds. The van der Waals surface area contributed by atoms with Crippen LogP contribution in [0.25, 0.3) is 0 Å². The summed E-state index contributed by atoms with van der Waals surface area (Å²) in [6.45, 7) is 5.33. The molecule has 0 aliphatic carbocycles. The second-order valence-electron chi connectivity index (χ2n) is 5.42. The third-order valence-corrected chi connectivity index (χ3v) is 3.84. The molecule has 6 heteroatoms. The number of amides is 1. The predicted octanol–water partition coefficient (Wildman–Crippen LogP) is 2.56. The van der Waals surface area contributed by atoms with Crippen molar-refractivity contribution in [1.29, 1.82) is 0 Å². The fourth-order valence-electron chi connectivity index (χ4n) is 2.87. The Morgan fingerprint density at radius 3 is 2.57 bits per heavy atom. The van der Waals surface area contributed by atoms with Crippen LogP contribution in [0.3, 0.4) is 0 Å². The van der Waals surface area contributed by atoms with Gasteiger partial charge in [-0.3, -0.25) is 9.59 Å². The molecule has 126 valence electrons. The molecule has 0 radical (unpaired) electrons. The lowest BCUT2D eigenvalue weighted by molar-refractivity contribution is -0.137. The number of carbonyl (C=O) groups excluding carboxylic acids is 1. The van der Waals surface area contributed by atoms with Gasteiger partial charge in [-0.05, 0) is 44.9 Å². The van der Waals surface area contributed by atoms with E-state index >= 15 is 0 Å². The summed E-state index contributed by atoms with van der Waals surface area (Å²) >= 11 is 0. The van der Waals surface area contributed by atoms with Crippen LogP contribution in [-0.2, 0) is 4.79 Å². The lowest BCUT2D eigenvalue weighted by Gasteiger charge is -2.24. The molecule has 1 saturated heterocycles. The molecule has 1 aliphatic heterocycles. The van der Waals surface area contributed by atoms with E-state index in [1.165, 1.54) is 0 Å². The topological polar surface area (TPSA) is 76.1 Å². The average Bonchev–Trinajstić information content (AvgIpc) is 2.96. The number of hydrogen-bond donors (Lipinski definition) is 1. The molecule has 6 nitrogen and oxygen atoms in total. The molecule has 1 aliphatic rings. The van der Waals surface area contributed by atoms with Crippen molar-refractivity contribution in [2.75, 3.05) is 19.8 Å². The Hall–Kier alpha value is -2.24. The summed E-state index contributed by atoms with van der Waals surface area (Å²) < 4.78 is 11.0. The van der Waals surface area contributed by atoms with E-state index in [0.29, 0.717) is 36.8 Å². The highest BCUT2D eigenvalue weighted by molar-refractivity contribution is 5.95. The third-order valence-electron chi connectivity index (χ3n) is 3.84. The number of hydrogen-bond acceptors (Lipinski definition) is 4. The van der Waals surface area contributed by atoms with Gasteiger partial charge in [0.1, 0.15) is 0 Å². The van der Waals surface area contributed by atoms with Gasteiger partial charge >= 0.3 is 5.97 Å². The van der Waals surface area contributed by atoms with Crippen molar-refractivity contribution in [3.63, 3.8) is 0 Å². The molecule has 1 N–H and O–H groups in total. The van der Waals surface area contributed by atoms with E-state index in [2.05, 4.69) is 0 Å². The Morgan fingerprint density at radius 1 is 1.22 bits per heavy atom. The minimum atomic E-state index is -0.878. The lowest BCUT2D eigenvalue weighted by atomic mass is 10.1. The number of nitrogens with zero attached hydrogens (tertiary/aromatic N) is 1. The maximum atomic E-state index is 12.7. The van der Waals surface area contributed by atoms with Crippen molar-refractivity contribution >= 4 is 11.9 Å². The van der Waals surface area contributed by atoms with E-state index in [9.17, 15) is 9.59 Å². The van der Waals surface area contributed by atoms with Gasteiger partial charge in [-0.2, -0.15) is 0 Å². The maximum Gasteiger partial charge on any atom is 0.305 e. The Bertz CT molecular complexity index is 572. The van der Waals surface area contributed by atoms with Crippen LogP contribution in [0.5, 0.6) is 11.5 Å². The van der Waals surface area contributed by atoms with Gasteiger partial charge in [0.05, 0.1) is 19.6 Å². The molecule has 1 heterocycles. The highest BCUT2D eigenvalue weighted by Gasteiger charge is 2.31. The van der Waals surface area contributed by atoms with Gasteiger partial charge in [0, 0.05) is 18.2 Å². The summed E-state index contributed by atoms with van der Waals surface area (Å²) in [5, 5.41) is 8.98. The number of aliphatic carboxylic acids is 1. The van der Waals surface area contributed by atoms with Crippen LogP contribution in [0.2, 0.25) is 0 Å². The van der Waals surface area contributed by atoms with Crippen molar-refractivity contribution in [3.8, 4) is 11.5 Å². The van der Waals surface area contributed by atoms with Crippen LogP contribution in [0.4, 0.5) is 0 Å². The number of likely N-dealkylation sites (tertiary alicyclic amines) is 1. The number of rotatable bonds is 7. The second kappa shape index (κ2) is 7.85. The zero-order valence-electron chi connectivity index (χ0n) is 13.6. The molecule has 1 unspecified atom stereocenters. The molecule has 23 heavy (non-hydrogen) atoms. The fourth-order valence-corrected chi connectivity index (χ4v) is 2.87. The van der Waals surface area contributed by atoms with Crippen LogP contribution in [0.15, 0.2) is 18.2 Å². The first-order chi connectivity index (χ1) is 11.1. The first-order valence-electron chi connectivity index (χ1n) is 7.99. The average molecular weight is 321 g/mol. The van der Waals surface area contributed by atoms with Crippen molar-refractivity contribution in [1.82, 2.24) is 4.90 Å². The number of ether oxygens (including phenoxy) is 2. The Kier molecular flexibility index (Phi) is 5.84. The van der Waals surface area contributed by atoms with E-state index in [-0.39, 0.29) is 18.4 Å². The lowest BCUT2D eigenvalue weighted by Crippen LogP contribution is -2.36. The summed E-state index contributed by atoms with van der Waals surface area (Å²) in [7, 11) is 0. The standard InChI is InChI=1S/C17H23NO5/c1-3-22-14-8-7-12(10-15(14)23-4-2)17(21)18-9-5-6-13(18)11-16(19)20/h7-8,10,13H,3-6,9,11H2,1-2H3,(H,19,20). The molecular weight excluding hydrogens is 298 g/mol. The number of carboxylic acids is 1. The zero-order chi connectivity index (χ0) is 16.8. The molecular formula is C17H23NO5. The first-order valence-corrected chi connectivity index (χ1v) is 7.99. The minimum Gasteiger partial charge on any atom is -0.490 e. The van der Waals surface area contributed by atoms with E-state index in [1.807, 2.05) is 13.8 Å². The highest BCUT2D eigenvalue weighted by Crippen LogP contribution is 2.30. The molecule has 1 fully saturated rings. The predicted molar refractivity (Wildman–Crippen MR) is 85.1 cm³/mol. The normalized spacial score (nSPS) is 17.1. The summed E-state index contributed by atoms with van der Waals surface area (Å²) in [4.78, 5) is 25.3. The summed E-state index contributed by atoms with van der Waals surface area (Å²) in [5.74, 6) is 0.109. The van der Waals surface area contributed by atoms with Crippen LogP contribution in [0, 0.1) is 0 Å². The summed E-state index contributed by atoms with van der Waals surface area (Å²) in [5.41, 5.74) is 0.495. The molecule has 1 aromatic rings. The maximum absolute atomic E-state index is 12.7. The van der Waals surface area contributed by atoms with Gasteiger partial charge in [-0.1, -0.05) is 0 Å². The van der Waals surface area contributed by atoms with Crippen LogP contribution >= 0.6 is 0 Å². The van der Waals surface area contributed by atoms with Crippen molar-refractivity contribution < 1.29 is 24.2 Å². The van der Waals surface area contributed by atoms with Gasteiger partial charge in [0.15, 0.2) is 11.5 Å². The van der Waals surface area contributed by atoms with E-state index in [1.54, 1.807) is 23.1 Å². The Morgan fingerprint density at radius 2 is 1.91 bits per heavy atom. The van der Waals surface area contributed by atoms with Gasteiger partial charge < -0.3 is 19.5 Å². The van der Waals surface area contributed by atoms with Crippen molar-refractivity contribution in [2.45, 2.75) is 39.2 Å². The van der Waals surface area contributed by atoms with Gasteiger partial charge in [0.25, 0.3) is 5.91 Å². The van der Waals surface area contributed by atoms with Gasteiger partial charge in [-0.15, -0.1) is 0 Å². The first kappa shape index (κ1) is 17.1.